The third-order valence-corrected chi connectivity index (χ3v) is 5.09. The summed E-state index contributed by atoms with van der Waals surface area (Å²) in [6, 6.07) is 6.72. The van der Waals surface area contributed by atoms with Gasteiger partial charge in [0.05, 0.1) is 6.04 Å². The molecule has 3 heterocycles. The van der Waals surface area contributed by atoms with E-state index in [0.717, 1.165) is 30.8 Å². The predicted octanol–water partition coefficient (Wildman–Crippen LogP) is 2.57. The number of rotatable bonds is 4. The zero-order valence-corrected chi connectivity index (χ0v) is 13.6. The quantitative estimate of drug-likeness (QED) is 0.868. The summed E-state index contributed by atoms with van der Waals surface area (Å²) in [5.41, 5.74) is 0. The molecule has 2 aromatic heterocycles. The Morgan fingerprint density at radius 3 is 2.83 bits per heavy atom. The van der Waals surface area contributed by atoms with Gasteiger partial charge < -0.3 is 9.30 Å². The summed E-state index contributed by atoms with van der Waals surface area (Å²) in [7, 11) is 0. The first-order valence-electron chi connectivity index (χ1n) is 8.54. The molecule has 0 amide bonds. The van der Waals surface area contributed by atoms with Gasteiger partial charge in [0.2, 0.25) is 5.88 Å². The van der Waals surface area contributed by atoms with Crippen molar-refractivity contribution in [3.8, 4) is 5.88 Å². The van der Waals surface area contributed by atoms with Crippen LogP contribution in [0.25, 0.3) is 0 Å². The van der Waals surface area contributed by atoms with E-state index < -0.39 is 0 Å². The fraction of sp³-hybridized carbons (Fsp3) is 0.588. The third kappa shape index (κ3) is 2.83. The lowest BCUT2D eigenvalue weighted by Gasteiger charge is -2.37. The second kappa shape index (κ2) is 6.28. The highest BCUT2D eigenvalue weighted by molar-refractivity contribution is 5.10. The minimum Gasteiger partial charge on any atom is -0.469 e. The number of fused-ring (bicyclic) bond motifs is 1. The lowest BCUT2D eigenvalue weighted by Crippen LogP contribution is -2.43. The molecule has 1 atom stereocenters. The molecule has 1 fully saturated rings. The number of nitrogens with zero attached hydrogens (tertiary/aromatic N) is 5. The van der Waals surface area contributed by atoms with Crippen molar-refractivity contribution in [3.63, 3.8) is 0 Å². The molecule has 0 bridgehead atoms. The predicted molar refractivity (Wildman–Crippen MR) is 86.0 cm³/mol. The minimum absolute atomic E-state index is 0.336. The van der Waals surface area contributed by atoms with Crippen molar-refractivity contribution < 1.29 is 4.74 Å². The molecule has 0 N–H and O–H groups in total. The minimum atomic E-state index is 0.336. The highest BCUT2D eigenvalue weighted by atomic mass is 16.5. The zero-order chi connectivity index (χ0) is 15.6. The smallest absolute Gasteiger partial charge is 0.213 e. The maximum atomic E-state index is 5.73. The van der Waals surface area contributed by atoms with Crippen molar-refractivity contribution in [2.75, 3.05) is 6.54 Å². The SMILES string of the molecule is C[C@@H]1c2nnc(COc3ccccn3)n2CCN1C1CCCC1. The third-order valence-electron chi connectivity index (χ3n) is 5.09. The van der Waals surface area contributed by atoms with Crippen LogP contribution >= 0.6 is 0 Å². The molecule has 1 saturated carbocycles. The van der Waals surface area contributed by atoms with Gasteiger partial charge in [0, 0.05) is 31.4 Å². The number of ether oxygens (including phenoxy) is 1. The molecular weight excluding hydrogens is 290 g/mol. The molecule has 2 aliphatic rings. The van der Waals surface area contributed by atoms with Gasteiger partial charge in [-0.2, -0.15) is 0 Å². The van der Waals surface area contributed by atoms with Crippen molar-refractivity contribution in [1.29, 1.82) is 0 Å². The molecular formula is C17H23N5O. The monoisotopic (exact) mass is 313 g/mol. The molecule has 2 aromatic rings. The van der Waals surface area contributed by atoms with E-state index in [2.05, 4.69) is 31.6 Å². The van der Waals surface area contributed by atoms with Gasteiger partial charge in [0.25, 0.3) is 0 Å². The first-order chi connectivity index (χ1) is 11.3. The lowest BCUT2D eigenvalue weighted by molar-refractivity contribution is 0.108. The van der Waals surface area contributed by atoms with E-state index in [0.29, 0.717) is 18.5 Å². The zero-order valence-electron chi connectivity index (χ0n) is 13.6. The van der Waals surface area contributed by atoms with Crippen molar-refractivity contribution in [1.82, 2.24) is 24.6 Å². The maximum Gasteiger partial charge on any atom is 0.213 e. The van der Waals surface area contributed by atoms with Crippen molar-refractivity contribution >= 4 is 0 Å². The summed E-state index contributed by atoms with van der Waals surface area (Å²) in [5, 5.41) is 8.80. The first-order valence-corrected chi connectivity index (χ1v) is 8.54. The van der Waals surface area contributed by atoms with Crippen LogP contribution in [0.2, 0.25) is 0 Å². The largest absolute Gasteiger partial charge is 0.469 e. The standard InChI is InChI=1S/C17H23N5O/c1-13-17-20-19-15(12-23-16-8-4-5-9-18-16)22(17)11-10-21(13)14-6-2-3-7-14/h4-5,8-9,13-14H,2-3,6-7,10-12H2,1H3/t13-/m1/s1. The molecule has 23 heavy (non-hydrogen) atoms. The summed E-state index contributed by atoms with van der Waals surface area (Å²) in [6.45, 7) is 4.69. The van der Waals surface area contributed by atoms with E-state index in [4.69, 9.17) is 4.74 Å². The van der Waals surface area contributed by atoms with Gasteiger partial charge in [0.15, 0.2) is 5.82 Å². The van der Waals surface area contributed by atoms with Crippen LogP contribution in [0.5, 0.6) is 5.88 Å². The molecule has 0 radical (unpaired) electrons. The van der Waals surface area contributed by atoms with E-state index in [9.17, 15) is 0 Å². The van der Waals surface area contributed by atoms with Crippen molar-refractivity contribution in [2.24, 2.45) is 0 Å². The van der Waals surface area contributed by atoms with Crippen LogP contribution in [-0.4, -0.2) is 37.2 Å². The van der Waals surface area contributed by atoms with Crippen LogP contribution < -0.4 is 4.74 Å². The molecule has 4 rings (SSSR count). The molecule has 122 valence electrons. The van der Waals surface area contributed by atoms with Crippen LogP contribution in [0.3, 0.4) is 0 Å². The Labute approximate surface area is 136 Å². The number of aromatic nitrogens is 4. The number of hydrogen-bond acceptors (Lipinski definition) is 5. The van der Waals surface area contributed by atoms with Crippen LogP contribution in [0, 0.1) is 0 Å². The number of pyridine rings is 1. The molecule has 6 heteroatoms. The average Bonchev–Trinajstić information content (AvgIpc) is 3.24. The van der Waals surface area contributed by atoms with E-state index >= 15 is 0 Å². The Kier molecular flexibility index (Phi) is 3.99. The molecule has 1 aliphatic carbocycles. The second-order valence-electron chi connectivity index (χ2n) is 6.43. The van der Waals surface area contributed by atoms with E-state index in [1.165, 1.54) is 25.7 Å². The van der Waals surface area contributed by atoms with Crippen molar-refractivity contribution in [3.05, 3.63) is 36.0 Å². The second-order valence-corrected chi connectivity index (χ2v) is 6.43. The van der Waals surface area contributed by atoms with Gasteiger partial charge >= 0.3 is 0 Å². The average molecular weight is 313 g/mol. The van der Waals surface area contributed by atoms with E-state index in [1.54, 1.807) is 6.20 Å². The molecule has 6 nitrogen and oxygen atoms in total. The molecule has 0 unspecified atom stereocenters. The molecule has 0 spiro atoms. The Morgan fingerprint density at radius 1 is 1.17 bits per heavy atom. The van der Waals surface area contributed by atoms with E-state index in [1.807, 2.05) is 18.2 Å². The lowest BCUT2D eigenvalue weighted by atomic mass is 10.1. The number of hydrogen-bond donors (Lipinski definition) is 0. The molecule has 0 aromatic carbocycles. The fourth-order valence-electron chi connectivity index (χ4n) is 3.87. The van der Waals surface area contributed by atoms with Gasteiger partial charge in [-0.15, -0.1) is 10.2 Å². The Hall–Kier alpha value is -1.95. The summed E-state index contributed by atoms with van der Waals surface area (Å²) < 4.78 is 7.95. The topological polar surface area (TPSA) is 56.1 Å². The van der Waals surface area contributed by atoms with Gasteiger partial charge in [-0.1, -0.05) is 18.9 Å². The van der Waals surface area contributed by atoms with Crippen LogP contribution in [-0.2, 0) is 13.2 Å². The van der Waals surface area contributed by atoms with Gasteiger partial charge in [-0.3, -0.25) is 4.90 Å². The Bertz CT molecular complexity index is 650. The fourth-order valence-corrected chi connectivity index (χ4v) is 3.87. The van der Waals surface area contributed by atoms with Crippen molar-refractivity contribution in [2.45, 2.75) is 57.8 Å². The Balaban J connectivity index is 1.47. The molecule has 1 aliphatic heterocycles. The van der Waals surface area contributed by atoms with Gasteiger partial charge in [-0.25, -0.2) is 4.98 Å². The first kappa shape index (κ1) is 14.6. The summed E-state index contributed by atoms with van der Waals surface area (Å²) >= 11 is 0. The molecule has 0 saturated heterocycles. The van der Waals surface area contributed by atoms with Gasteiger partial charge in [0.1, 0.15) is 12.4 Å². The van der Waals surface area contributed by atoms with Crippen LogP contribution in [0.15, 0.2) is 24.4 Å². The van der Waals surface area contributed by atoms with Crippen LogP contribution in [0.1, 0.15) is 50.3 Å². The summed E-state index contributed by atoms with van der Waals surface area (Å²) in [4.78, 5) is 6.79. The van der Waals surface area contributed by atoms with Crippen LogP contribution in [0.4, 0.5) is 0 Å². The Morgan fingerprint density at radius 2 is 2.04 bits per heavy atom. The van der Waals surface area contributed by atoms with E-state index in [-0.39, 0.29) is 0 Å². The maximum absolute atomic E-state index is 5.73. The normalized spacial score (nSPS) is 22.2. The highest BCUT2D eigenvalue weighted by Gasteiger charge is 2.33. The summed E-state index contributed by atoms with van der Waals surface area (Å²) in [5.74, 6) is 2.59. The highest BCUT2D eigenvalue weighted by Crippen LogP contribution is 2.32. The van der Waals surface area contributed by atoms with Gasteiger partial charge in [-0.05, 0) is 25.8 Å². The summed E-state index contributed by atoms with van der Waals surface area (Å²) in [6.07, 6.45) is 7.12.